The lowest BCUT2D eigenvalue weighted by atomic mass is 10.0. The molecule has 1 N–H and O–H groups in total. The average Bonchev–Trinajstić information content (AvgIpc) is 2.46. The first kappa shape index (κ1) is 16.9. The smallest absolute Gasteiger partial charge is 0.294 e. The number of rotatable bonds is 5. The summed E-state index contributed by atoms with van der Waals surface area (Å²) in [7, 11) is -4.27. The van der Waals surface area contributed by atoms with Crippen LogP contribution in [-0.2, 0) is 10.1 Å². The van der Waals surface area contributed by atoms with Crippen molar-refractivity contribution in [3.8, 4) is 11.5 Å². The van der Waals surface area contributed by atoms with Gasteiger partial charge in [-0.2, -0.15) is 8.42 Å². The Morgan fingerprint density at radius 1 is 0.870 bits per heavy atom. The molecule has 0 saturated heterocycles. The Balaban J connectivity index is 2.36. The zero-order valence-corrected chi connectivity index (χ0v) is 13.3. The number of benzene rings is 2. The van der Waals surface area contributed by atoms with Crippen LogP contribution in [0.25, 0.3) is 0 Å². The molecule has 2 aromatic carbocycles. The quantitative estimate of drug-likeness (QED) is 0.666. The van der Waals surface area contributed by atoms with Gasteiger partial charge in [-0.25, -0.2) is 0 Å². The molecule has 0 aliphatic carbocycles. The van der Waals surface area contributed by atoms with E-state index in [2.05, 4.69) is 0 Å². The van der Waals surface area contributed by atoms with Crippen molar-refractivity contribution in [1.82, 2.24) is 0 Å². The highest BCUT2D eigenvalue weighted by molar-refractivity contribution is 7.85. The molecule has 0 amide bonds. The molecule has 2 aromatic rings. The van der Waals surface area contributed by atoms with E-state index in [1.165, 1.54) is 56.3 Å². The molecule has 2 rings (SSSR count). The molecule has 0 heterocycles. The largest absolute Gasteiger partial charge is 0.457 e. The summed E-state index contributed by atoms with van der Waals surface area (Å²) in [5.74, 6) is 0.162. The molecular weight excluding hydrogens is 320 g/mol. The Morgan fingerprint density at radius 2 is 1.35 bits per heavy atom. The minimum absolute atomic E-state index is 0.209. The first-order valence-corrected chi connectivity index (χ1v) is 8.03. The van der Waals surface area contributed by atoms with Crippen molar-refractivity contribution in [1.29, 1.82) is 0 Å². The van der Waals surface area contributed by atoms with Crippen molar-refractivity contribution >= 4 is 21.7 Å². The third-order valence-electron chi connectivity index (χ3n) is 3.08. The van der Waals surface area contributed by atoms with E-state index >= 15 is 0 Å². The summed E-state index contributed by atoms with van der Waals surface area (Å²) in [5, 5.41) is 0. The van der Waals surface area contributed by atoms with Gasteiger partial charge in [0.1, 0.15) is 11.5 Å². The van der Waals surface area contributed by atoms with E-state index in [1.807, 2.05) is 0 Å². The Hall–Kier alpha value is -2.51. The molecule has 0 spiro atoms. The van der Waals surface area contributed by atoms with Crippen LogP contribution in [0.1, 0.15) is 34.6 Å². The molecule has 0 radical (unpaired) electrons. The van der Waals surface area contributed by atoms with Gasteiger partial charge < -0.3 is 4.74 Å². The maximum atomic E-state index is 11.5. The maximum Gasteiger partial charge on any atom is 0.294 e. The van der Waals surface area contributed by atoms with Gasteiger partial charge in [0.2, 0.25) is 0 Å². The zero-order chi connectivity index (χ0) is 17.2. The van der Waals surface area contributed by atoms with Gasteiger partial charge in [-0.05, 0) is 56.3 Å². The number of Topliss-reactive ketones (excluding diaryl/α,β-unsaturated/α-hetero) is 2. The van der Waals surface area contributed by atoms with Gasteiger partial charge in [0.25, 0.3) is 10.1 Å². The predicted octanol–water partition coefficient (Wildman–Crippen LogP) is 3.13. The minimum Gasteiger partial charge on any atom is -0.457 e. The monoisotopic (exact) mass is 334 g/mol. The maximum absolute atomic E-state index is 11.5. The van der Waals surface area contributed by atoms with Gasteiger partial charge in [-0.1, -0.05) is 0 Å². The fourth-order valence-electron chi connectivity index (χ4n) is 1.88. The van der Waals surface area contributed by atoms with Gasteiger partial charge in [0.15, 0.2) is 11.6 Å². The van der Waals surface area contributed by atoms with E-state index in [1.54, 1.807) is 0 Å². The van der Waals surface area contributed by atoms with Crippen molar-refractivity contribution in [2.45, 2.75) is 18.7 Å². The standard InChI is InChI=1S/C16H14O6S/c1-10(17)12-7-13(11(2)18)9-15(8-12)22-14-3-5-16(6-4-14)23(19,20)21/h3-9H,1-2H3,(H,19,20,21). The molecule has 0 aromatic heterocycles. The van der Waals surface area contributed by atoms with Crippen LogP contribution in [-0.4, -0.2) is 24.5 Å². The summed E-state index contributed by atoms with van der Waals surface area (Å²) in [6.45, 7) is 2.76. The fourth-order valence-corrected chi connectivity index (χ4v) is 2.36. The molecule has 23 heavy (non-hydrogen) atoms. The number of carbonyl (C=O) groups is 2. The number of ketones is 2. The summed E-state index contributed by atoms with van der Waals surface area (Å²) >= 11 is 0. The summed E-state index contributed by atoms with van der Waals surface area (Å²) in [6.07, 6.45) is 0. The lowest BCUT2D eigenvalue weighted by Gasteiger charge is -2.09. The summed E-state index contributed by atoms with van der Waals surface area (Å²) in [5.41, 5.74) is 0.671. The van der Waals surface area contributed by atoms with Gasteiger partial charge in [-0.15, -0.1) is 0 Å². The average molecular weight is 334 g/mol. The Kier molecular flexibility index (Phi) is 4.63. The van der Waals surface area contributed by atoms with Crippen molar-refractivity contribution in [2.24, 2.45) is 0 Å². The second kappa shape index (κ2) is 6.31. The van der Waals surface area contributed by atoms with Gasteiger partial charge in [0, 0.05) is 11.1 Å². The molecule has 6 nitrogen and oxygen atoms in total. The molecule has 0 atom stereocenters. The van der Waals surface area contributed by atoms with Crippen LogP contribution in [0.5, 0.6) is 11.5 Å². The van der Waals surface area contributed by atoms with E-state index in [4.69, 9.17) is 9.29 Å². The first-order valence-electron chi connectivity index (χ1n) is 6.59. The van der Waals surface area contributed by atoms with E-state index in [9.17, 15) is 18.0 Å². The topological polar surface area (TPSA) is 97.7 Å². The Morgan fingerprint density at radius 3 is 1.74 bits per heavy atom. The van der Waals surface area contributed by atoms with Crippen LogP contribution in [0.3, 0.4) is 0 Å². The lowest BCUT2D eigenvalue weighted by molar-refractivity contribution is 0.101. The first-order chi connectivity index (χ1) is 10.7. The summed E-state index contributed by atoms with van der Waals surface area (Å²) < 4.78 is 36.4. The highest BCUT2D eigenvalue weighted by atomic mass is 32.2. The molecule has 0 aliphatic heterocycles. The zero-order valence-electron chi connectivity index (χ0n) is 12.4. The van der Waals surface area contributed by atoms with E-state index in [-0.39, 0.29) is 22.2 Å². The van der Waals surface area contributed by atoms with Crippen LogP contribution in [0, 0.1) is 0 Å². The van der Waals surface area contributed by atoms with Crippen LogP contribution in [0.15, 0.2) is 47.4 Å². The molecule has 120 valence electrons. The number of hydrogen-bond donors (Lipinski definition) is 1. The van der Waals surface area contributed by atoms with Crippen LogP contribution < -0.4 is 4.74 Å². The lowest BCUT2D eigenvalue weighted by Crippen LogP contribution is -2.00. The van der Waals surface area contributed by atoms with Gasteiger partial charge in [-0.3, -0.25) is 14.1 Å². The fraction of sp³-hybridized carbons (Fsp3) is 0.125. The Bertz CT molecular complexity index is 834. The SMILES string of the molecule is CC(=O)c1cc(Oc2ccc(S(=O)(=O)O)cc2)cc(C(C)=O)c1. The Labute approximate surface area is 133 Å². The minimum atomic E-state index is -4.27. The van der Waals surface area contributed by atoms with Crippen molar-refractivity contribution in [2.75, 3.05) is 0 Å². The molecule has 0 bridgehead atoms. The number of hydrogen-bond acceptors (Lipinski definition) is 5. The second-order valence-electron chi connectivity index (χ2n) is 4.91. The van der Waals surface area contributed by atoms with Gasteiger partial charge >= 0.3 is 0 Å². The molecule has 0 aliphatic rings. The third-order valence-corrected chi connectivity index (χ3v) is 3.94. The predicted molar refractivity (Wildman–Crippen MR) is 82.8 cm³/mol. The van der Waals surface area contributed by atoms with E-state index in [0.29, 0.717) is 16.9 Å². The molecule has 7 heteroatoms. The highest BCUT2D eigenvalue weighted by Crippen LogP contribution is 2.25. The number of ether oxygens (including phenoxy) is 1. The third kappa shape index (κ3) is 4.24. The summed E-state index contributed by atoms with van der Waals surface area (Å²) in [4.78, 5) is 22.8. The van der Waals surface area contributed by atoms with Gasteiger partial charge in [0.05, 0.1) is 4.90 Å². The second-order valence-corrected chi connectivity index (χ2v) is 6.33. The van der Waals surface area contributed by atoms with Crippen LogP contribution in [0.2, 0.25) is 0 Å². The van der Waals surface area contributed by atoms with Crippen molar-refractivity contribution in [3.05, 3.63) is 53.6 Å². The summed E-state index contributed by atoms with van der Waals surface area (Å²) in [6, 6.07) is 9.56. The van der Waals surface area contributed by atoms with Crippen molar-refractivity contribution < 1.29 is 27.3 Å². The molecule has 0 unspecified atom stereocenters. The molecule has 0 saturated carbocycles. The number of carbonyl (C=O) groups excluding carboxylic acids is 2. The molecule has 0 fully saturated rings. The highest BCUT2D eigenvalue weighted by Gasteiger charge is 2.11. The van der Waals surface area contributed by atoms with E-state index in [0.717, 1.165) is 0 Å². The van der Waals surface area contributed by atoms with E-state index < -0.39 is 10.1 Å². The van der Waals surface area contributed by atoms with Crippen molar-refractivity contribution in [3.63, 3.8) is 0 Å². The van der Waals surface area contributed by atoms with Crippen LogP contribution in [0.4, 0.5) is 0 Å². The normalized spacial score (nSPS) is 11.1. The molecular formula is C16H14O6S. The van der Waals surface area contributed by atoms with Crippen LogP contribution >= 0.6 is 0 Å².